The van der Waals surface area contributed by atoms with Crippen LogP contribution in [0.3, 0.4) is 0 Å². The molecule has 0 radical (unpaired) electrons. The molecule has 0 saturated heterocycles. The summed E-state index contributed by atoms with van der Waals surface area (Å²) >= 11 is 1.32. The van der Waals surface area contributed by atoms with Gasteiger partial charge in [-0.05, 0) is 43.4 Å². The summed E-state index contributed by atoms with van der Waals surface area (Å²) in [5, 5.41) is 14.3. The number of carbonyl (C=O) groups excluding carboxylic acids is 1. The Kier molecular flexibility index (Phi) is 4.47. The summed E-state index contributed by atoms with van der Waals surface area (Å²) in [4.78, 5) is 30.3. The van der Waals surface area contributed by atoms with E-state index in [-0.39, 0.29) is 23.8 Å². The fourth-order valence-electron chi connectivity index (χ4n) is 3.29. The van der Waals surface area contributed by atoms with Crippen LogP contribution in [-0.2, 0) is 11.3 Å². The van der Waals surface area contributed by atoms with Crippen molar-refractivity contribution in [2.75, 3.05) is 0 Å². The number of hydrogen-bond donors (Lipinski definition) is 1. The number of halogens is 1. The number of aromatic nitrogens is 2. The Morgan fingerprint density at radius 3 is 2.79 bits per heavy atom. The van der Waals surface area contributed by atoms with Gasteiger partial charge in [-0.25, -0.2) is 9.37 Å². The lowest BCUT2D eigenvalue weighted by Crippen LogP contribution is -2.48. The summed E-state index contributed by atoms with van der Waals surface area (Å²) in [7, 11) is 0. The summed E-state index contributed by atoms with van der Waals surface area (Å²) in [6, 6.07) is 8.05. The van der Waals surface area contributed by atoms with Crippen molar-refractivity contribution in [1.29, 1.82) is 5.26 Å². The lowest BCUT2D eigenvalue weighted by atomic mass is 9.98. The number of carbonyl (C=O) groups is 1. The van der Waals surface area contributed by atoms with Crippen LogP contribution in [0.1, 0.15) is 19.8 Å². The first-order valence-electron chi connectivity index (χ1n) is 8.86. The quantitative estimate of drug-likeness (QED) is 0.718. The van der Waals surface area contributed by atoms with Crippen LogP contribution in [-0.4, -0.2) is 21.0 Å². The molecule has 1 saturated carbocycles. The van der Waals surface area contributed by atoms with Crippen molar-refractivity contribution in [3.63, 3.8) is 0 Å². The summed E-state index contributed by atoms with van der Waals surface area (Å²) in [5.41, 5.74) is 0.109. The number of amides is 1. The number of hydrogen-bond acceptors (Lipinski definition) is 5. The van der Waals surface area contributed by atoms with Gasteiger partial charge in [-0.2, -0.15) is 5.26 Å². The summed E-state index contributed by atoms with van der Waals surface area (Å²) in [6.45, 7) is 1.49. The van der Waals surface area contributed by atoms with E-state index in [1.54, 1.807) is 24.4 Å². The minimum Gasteiger partial charge on any atom is -0.336 e. The maximum atomic E-state index is 13.2. The van der Waals surface area contributed by atoms with E-state index in [1.165, 1.54) is 34.4 Å². The van der Waals surface area contributed by atoms with Crippen LogP contribution in [0.25, 0.3) is 21.3 Å². The highest BCUT2D eigenvalue weighted by molar-refractivity contribution is 7.17. The largest absolute Gasteiger partial charge is 0.336 e. The van der Waals surface area contributed by atoms with Gasteiger partial charge in [0, 0.05) is 10.9 Å². The van der Waals surface area contributed by atoms with Crippen molar-refractivity contribution in [2.45, 2.75) is 31.8 Å². The monoisotopic (exact) mass is 396 g/mol. The van der Waals surface area contributed by atoms with E-state index in [9.17, 15) is 19.2 Å². The average Bonchev–Trinajstić information content (AvgIpc) is 3.45. The first-order valence-corrected chi connectivity index (χ1v) is 9.74. The Labute approximate surface area is 164 Å². The Balaban J connectivity index is 1.65. The van der Waals surface area contributed by atoms with Gasteiger partial charge >= 0.3 is 0 Å². The molecule has 4 rings (SSSR count). The fourth-order valence-corrected chi connectivity index (χ4v) is 4.19. The maximum absolute atomic E-state index is 13.2. The molecule has 1 fully saturated rings. The number of fused-ring (bicyclic) bond motifs is 1. The molecule has 1 aliphatic carbocycles. The highest BCUT2D eigenvalue weighted by Gasteiger charge is 2.43. The maximum Gasteiger partial charge on any atom is 0.263 e. The van der Waals surface area contributed by atoms with E-state index in [0.717, 1.165) is 12.8 Å². The molecule has 3 aromatic rings. The van der Waals surface area contributed by atoms with Gasteiger partial charge in [0.05, 0.1) is 17.8 Å². The summed E-state index contributed by atoms with van der Waals surface area (Å²) in [5.74, 6) is -0.606. The molecule has 1 atom stereocenters. The normalized spacial score (nSPS) is 15.8. The topological polar surface area (TPSA) is 87.8 Å². The van der Waals surface area contributed by atoms with E-state index in [0.29, 0.717) is 21.3 Å². The van der Waals surface area contributed by atoms with Crippen molar-refractivity contribution in [3.8, 4) is 17.2 Å². The molecule has 2 heterocycles. The van der Waals surface area contributed by atoms with E-state index in [1.807, 2.05) is 0 Å². The number of rotatable bonds is 5. The Bertz CT molecular complexity index is 1160. The van der Waals surface area contributed by atoms with Gasteiger partial charge in [-0.1, -0.05) is 12.1 Å². The molecule has 8 heteroatoms. The second kappa shape index (κ2) is 6.84. The van der Waals surface area contributed by atoms with Gasteiger partial charge in [-0.15, -0.1) is 11.3 Å². The fraction of sp³-hybridized carbons (Fsp3) is 0.300. The van der Waals surface area contributed by atoms with Crippen LogP contribution in [0, 0.1) is 23.1 Å². The molecule has 0 bridgehead atoms. The smallest absolute Gasteiger partial charge is 0.263 e. The van der Waals surface area contributed by atoms with Crippen molar-refractivity contribution in [2.24, 2.45) is 5.92 Å². The first-order chi connectivity index (χ1) is 13.4. The number of nitrogens with zero attached hydrogens (tertiary/aromatic N) is 3. The average molecular weight is 396 g/mol. The molecule has 142 valence electrons. The molecular formula is C20H17FN4O2S. The summed E-state index contributed by atoms with van der Waals surface area (Å²) in [6.07, 6.45) is 3.16. The van der Waals surface area contributed by atoms with E-state index in [4.69, 9.17) is 0 Å². The molecule has 6 nitrogen and oxygen atoms in total. The number of nitriles is 1. The van der Waals surface area contributed by atoms with E-state index >= 15 is 0 Å². The molecule has 1 amide bonds. The molecule has 1 aromatic carbocycles. The molecule has 1 aliphatic rings. The van der Waals surface area contributed by atoms with Crippen molar-refractivity contribution >= 4 is 27.5 Å². The van der Waals surface area contributed by atoms with Crippen LogP contribution in [0.2, 0.25) is 0 Å². The van der Waals surface area contributed by atoms with Gasteiger partial charge in [0.2, 0.25) is 5.91 Å². The van der Waals surface area contributed by atoms with Gasteiger partial charge < -0.3 is 5.32 Å². The molecule has 1 N–H and O–H groups in total. The van der Waals surface area contributed by atoms with Gasteiger partial charge in [0.15, 0.2) is 0 Å². The zero-order valence-electron chi connectivity index (χ0n) is 15.1. The Morgan fingerprint density at radius 1 is 1.43 bits per heavy atom. The molecule has 2 aromatic heterocycles. The zero-order valence-corrected chi connectivity index (χ0v) is 15.9. The Morgan fingerprint density at radius 2 is 2.14 bits per heavy atom. The third kappa shape index (κ3) is 3.29. The summed E-state index contributed by atoms with van der Waals surface area (Å²) < 4.78 is 14.5. The molecule has 1 unspecified atom stereocenters. The first kappa shape index (κ1) is 18.3. The zero-order chi connectivity index (χ0) is 19.9. The van der Waals surface area contributed by atoms with Crippen LogP contribution < -0.4 is 10.9 Å². The molecule has 28 heavy (non-hydrogen) atoms. The van der Waals surface area contributed by atoms with E-state index < -0.39 is 11.4 Å². The third-order valence-electron chi connectivity index (χ3n) is 5.06. The number of nitrogens with one attached hydrogen (secondary N) is 1. The van der Waals surface area contributed by atoms with Gasteiger partial charge in [0.25, 0.3) is 5.56 Å². The molecular weight excluding hydrogens is 379 g/mol. The minimum absolute atomic E-state index is 0.153. The highest BCUT2D eigenvalue weighted by atomic mass is 32.1. The lowest BCUT2D eigenvalue weighted by molar-refractivity contribution is -0.123. The minimum atomic E-state index is -0.917. The standard InChI is InChI=1S/C20H17FN4O2S/c1-20(10-22,13-4-5-13)24-16(26)8-25-11-23-18-17(19(25)27)15(9-28-18)12-2-6-14(21)7-3-12/h2-3,6-7,9,11,13H,4-5,8H2,1H3,(H,24,26). The van der Waals surface area contributed by atoms with Gasteiger partial charge in [-0.3, -0.25) is 14.2 Å². The SMILES string of the molecule is CC(C#N)(NC(=O)Cn1cnc2scc(-c3ccc(F)cc3)c2c1=O)C1CC1. The van der Waals surface area contributed by atoms with Crippen LogP contribution in [0.4, 0.5) is 4.39 Å². The predicted octanol–water partition coefficient (Wildman–Crippen LogP) is 3.07. The van der Waals surface area contributed by atoms with Gasteiger partial charge in [0.1, 0.15) is 22.7 Å². The molecule has 0 aliphatic heterocycles. The number of thiophene rings is 1. The lowest BCUT2D eigenvalue weighted by Gasteiger charge is -2.23. The second-order valence-electron chi connectivity index (χ2n) is 7.15. The number of benzene rings is 1. The predicted molar refractivity (Wildman–Crippen MR) is 104 cm³/mol. The van der Waals surface area contributed by atoms with E-state index in [2.05, 4.69) is 16.4 Å². The highest BCUT2D eigenvalue weighted by Crippen LogP contribution is 2.39. The molecule has 0 spiro atoms. The van der Waals surface area contributed by atoms with Crippen molar-refractivity contribution in [3.05, 3.63) is 52.1 Å². The van der Waals surface area contributed by atoms with Crippen LogP contribution in [0.5, 0.6) is 0 Å². The second-order valence-corrected chi connectivity index (χ2v) is 8.01. The third-order valence-corrected chi connectivity index (χ3v) is 5.94. The van der Waals surface area contributed by atoms with Crippen LogP contribution in [0.15, 0.2) is 40.8 Å². The van der Waals surface area contributed by atoms with Crippen molar-refractivity contribution in [1.82, 2.24) is 14.9 Å². The Hall–Kier alpha value is -3.05. The van der Waals surface area contributed by atoms with Crippen molar-refractivity contribution < 1.29 is 9.18 Å². The van der Waals surface area contributed by atoms with Crippen LogP contribution >= 0.6 is 11.3 Å².